The number of furan rings is 1. The zero-order valence-corrected chi connectivity index (χ0v) is 15.3. The molecule has 1 fully saturated rings. The van der Waals surface area contributed by atoms with Crippen molar-refractivity contribution in [2.75, 3.05) is 38.5 Å². The maximum absolute atomic E-state index is 12.4. The van der Waals surface area contributed by atoms with Crippen LogP contribution in [0.1, 0.15) is 12.2 Å². The first-order valence-corrected chi connectivity index (χ1v) is 9.63. The van der Waals surface area contributed by atoms with Crippen molar-refractivity contribution in [1.82, 2.24) is 30.5 Å². The number of aliphatic hydroxyl groups excluding tert-OH is 1. The summed E-state index contributed by atoms with van der Waals surface area (Å²) < 4.78 is 5.42. The van der Waals surface area contributed by atoms with Gasteiger partial charge in [0, 0.05) is 44.6 Å². The zero-order chi connectivity index (χ0) is 18.2. The fraction of sp³-hybridized carbons (Fsp3) is 0.562. The predicted molar refractivity (Wildman–Crippen MR) is 96.7 cm³/mol. The van der Waals surface area contributed by atoms with Crippen LogP contribution in [0.2, 0.25) is 0 Å². The van der Waals surface area contributed by atoms with Gasteiger partial charge in [-0.25, -0.2) is 4.79 Å². The Morgan fingerprint density at radius 2 is 2.42 bits per heavy atom. The van der Waals surface area contributed by atoms with E-state index in [9.17, 15) is 9.90 Å². The summed E-state index contributed by atoms with van der Waals surface area (Å²) in [6.45, 7) is 3.37. The van der Waals surface area contributed by atoms with Gasteiger partial charge in [0.05, 0.1) is 19.0 Å². The van der Waals surface area contributed by atoms with E-state index in [1.54, 1.807) is 12.5 Å². The van der Waals surface area contributed by atoms with Crippen molar-refractivity contribution in [1.29, 1.82) is 0 Å². The van der Waals surface area contributed by atoms with Gasteiger partial charge in [-0.2, -0.15) is 10.3 Å². The summed E-state index contributed by atoms with van der Waals surface area (Å²) >= 11 is 1.54. The lowest BCUT2D eigenvalue weighted by Gasteiger charge is -2.41. The molecule has 1 saturated heterocycles. The summed E-state index contributed by atoms with van der Waals surface area (Å²) in [6, 6.07) is 3.87. The van der Waals surface area contributed by atoms with Crippen LogP contribution in [0.5, 0.6) is 0 Å². The molecule has 3 heterocycles. The second-order valence-corrected chi connectivity index (χ2v) is 7.17. The van der Waals surface area contributed by atoms with Crippen LogP contribution < -0.4 is 5.32 Å². The van der Waals surface area contributed by atoms with E-state index in [4.69, 9.17) is 4.42 Å². The van der Waals surface area contributed by atoms with E-state index in [2.05, 4.69) is 25.6 Å². The van der Waals surface area contributed by atoms with Crippen LogP contribution in [0.4, 0.5) is 4.79 Å². The average molecular weight is 380 g/mol. The van der Waals surface area contributed by atoms with Crippen molar-refractivity contribution < 1.29 is 14.3 Å². The first-order chi connectivity index (χ1) is 12.8. The number of aliphatic hydroxyl groups is 1. The monoisotopic (exact) mass is 380 g/mol. The number of aromatic nitrogens is 3. The molecule has 9 nitrogen and oxygen atoms in total. The smallest absolute Gasteiger partial charge is 0.317 e. The second-order valence-electron chi connectivity index (χ2n) is 6.05. The van der Waals surface area contributed by atoms with Crippen molar-refractivity contribution in [2.24, 2.45) is 0 Å². The standard InChI is InChI=1S/C16H24N6O3S/c23-7-3-13-11-22(6-5-21(13)12-14-2-1-8-25-14)16(24)17-4-9-26-15-10-18-20-19-15/h1-2,8,10,13,23H,3-7,9,11-12H2,(H,17,24)(H,18,19,20)/t13-/m1/s1. The molecule has 1 atom stereocenters. The molecule has 0 aromatic carbocycles. The summed E-state index contributed by atoms with van der Waals surface area (Å²) in [6.07, 6.45) is 3.95. The van der Waals surface area contributed by atoms with Gasteiger partial charge < -0.3 is 19.7 Å². The van der Waals surface area contributed by atoms with Gasteiger partial charge in [-0.05, 0) is 18.6 Å². The Kier molecular flexibility index (Phi) is 6.92. The van der Waals surface area contributed by atoms with Gasteiger partial charge in [0.25, 0.3) is 0 Å². The van der Waals surface area contributed by atoms with E-state index in [1.807, 2.05) is 17.0 Å². The molecule has 2 aromatic rings. The summed E-state index contributed by atoms with van der Waals surface area (Å²) in [7, 11) is 0. The van der Waals surface area contributed by atoms with Crippen LogP contribution in [0.15, 0.2) is 34.0 Å². The highest BCUT2D eigenvalue weighted by molar-refractivity contribution is 7.99. The fourth-order valence-corrected chi connectivity index (χ4v) is 3.64. The Hall–Kier alpha value is -2.04. The molecular weight excluding hydrogens is 356 g/mol. The number of hydrogen-bond acceptors (Lipinski definition) is 7. The van der Waals surface area contributed by atoms with Crippen LogP contribution >= 0.6 is 11.8 Å². The van der Waals surface area contributed by atoms with Gasteiger partial charge in [0.2, 0.25) is 0 Å². The maximum Gasteiger partial charge on any atom is 0.317 e. The summed E-state index contributed by atoms with van der Waals surface area (Å²) in [5.74, 6) is 1.63. The highest BCUT2D eigenvalue weighted by Crippen LogP contribution is 2.17. The number of carbonyl (C=O) groups is 1. The number of aromatic amines is 1. The van der Waals surface area contributed by atoms with Crippen LogP contribution in [0.3, 0.4) is 0 Å². The Balaban J connectivity index is 1.44. The number of thioether (sulfide) groups is 1. The molecule has 2 amide bonds. The summed E-state index contributed by atoms with van der Waals surface area (Å²) in [5.41, 5.74) is 0. The molecule has 142 valence electrons. The Morgan fingerprint density at radius 3 is 3.15 bits per heavy atom. The van der Waals surface area contributed by atoms with Crippen molar-refractivity contribution >= 4 is 17.8 Å². The minimum atomic E-state index is -0.0636. The molecular formula is C16H24N6O3S. The lowest BCUT2D eigenvalue weighted by molar-refractivity contribution is 0.0637. The van der Waals surface area contributed by atoms with Crippen molar-refractivity contribution in [3.8, 4) is 0 Å². The molecule has 1 aliphatic heterocycles. The number of urea groups is 1. The van der Waals surface area contributed by atoms with Gasteiger partial charge in [-0.1, -0.05) is 0 Å². The van der Waals surface area contributed by atoms with E-state index < -0.39 is 0 Å². The lowest BCUT2D eigenvalue weighted by atomic mass is 10.1. The van der Waals surface area contributed by atoms with Crippen LogP contribution in [-0.4, -0.2) is 80.9 Å². The van der Waals surface area contributed by atoms with E-state index in [1.165, 1.54) is 11.8 Å². The van der Waals surface area contributed by atoms with Crippen LogP contribution in [0, 0.1) is 0 Å². The van der Waals surface area contributed by atoms with Gasteiger partial charge in [0.1, 0.15) is 10.8 Å². The third-order valence-electron chi connectivity index (χ3n) is 4.31. The van der Waals surface area contributed by atoms with Gasteiger partial charge in [-0.15, -0.1) is 16.9 Å². The minimum absolute atomic E-state index is 0.0636. The Bertz CT molecular complexity index is 651. The fourth-order valence-electron chi connectivity index (χ4n) is 3.00. The highest BCUT2D eigenvalue weighted by Gasteiger charge is 2.29. The van der Waals surface area contributed by atoms with Crippen molar-refractivity contribution in [2.45, 2.75) is 24.0 Å². The molecule has 0 spiro atoms. The molecule has 3 rings (SSSR count). The third-order valence-corrected chi connectivity index (χ3v) is 5.22. The van der Waals surface area contributed by atoms with Gasteiger partial charge >= 0.3 is 6.03 Å². The molecule has 1 aliphatic rings. The van der Waals surface area contributed by atoms with Crippen molar-refractivity contribution in [3.63, 3.8) is 0 Å². The van der Waals surface area contributed by atoms with Gasteiger partial charge in [0.15, 0.2) is 0 Å². The molecule has 3 N–H and O–H groups in total. The van der Waals surface area contributed by atoms with E-state index >= 15 is 0 Å². The Labute approximate surface area is 156 Å². The average Bonchev–Trinajstić information content (AvgIpc) is 3.34. The normalized spacial score (nSPS) is 18.2. The lowest BCUT2D eigenvalue weighted by Crippen LogP contribution is -2.56. The molecule has 0 bridgehead atoms. The largest absolute Gasteiger partial charge is 0.468 e. The molecule has 0 aliphatic carbocycles. The maximum atomic E-state index is 12.4. The number of nitrogens with one attached hydrogen (secondary N) is 2. The third kappa shape index (κ3) is 5.23. The molecule has 0 unspecified atom stereocenters. The molecule has 2 aromatic heterocycles. The van der Waals surface area contributed by atoms with E-state index in [-0.39, 0.29) is 18.7 Å². The number of carbonyl (C=O) groups excluding carboxylic acids is 1. The van der Waals surface area contributed by atoms with Crippen molar-refractivity contribution in [3.05, 3.63) is 30.4 Å². The molecule has 26 heavy (non-hydrogen) atoms. The first kappa shape index (κ1) is 18.7. The number of hydrogen-bond donors (Lipinski definition) is 3. The summed E-state index contributed by atoms with van der Waals surface area (Å²) in [4.78, 5) is 16.5. The van der Waals surface area contributed by atoms with Gasteiger partial charge in [-0.3, -0.25) is 4.90 Å². The van der Waals surface area contributed by atoms with E-state index in [0.29, 0.717) is 32.6 Å². The topological polar surface area (TPSA) is 111 Å². The SMILES string of the molecule is O=C(NCCSc1cn[nH]n1)N1CCN(Cc2ccco2)[C@H](CCO)C1. The van der Waals surface area contributed by atoms with E-state index in [0.717, 1.165) is 23.1 Å². The molecule has 0 saturated carbocycles. The highest BCUT2D eigenvalue weighted by atomic mass is 32.2. The first-order valence-electron chi connectivity index (χ1n) is 8.65. The number of piperazine rings is 1. The minimum Gasteiger partial charge on any atom is -0.468 e. The predicted octanol–water partition coefficient (Wildman–Crippen LogP) is 0.768. The number of H-pyrrole nitrogens is 1. The zero-order valence-electron chi connectivity index (χ0n) is 14.5. The number of amides is 2. The number of rotatable bonds is 8. The van der Waals surface area contributed by atoms with Crippen LogP contribution in [-0.2, 0) is 6.54 Å². The number of nitrogens with zero attached hydrogens (tertiary/aromatic N) is 4. The second kappa shape index (κ2) is 9.60. The summed E-state index contributed by atoms with van der Waals surface area (Å²) in [5, 5.41) is 23.4. The Morgan fingerprint density at radius 1 is 1.50 bits per heavy atom. The molecule has 0 radical (unpaired) electrons. The quantitative estimate of drug-likeness (QED) is 0.458. The van der Waals surface area contributed by atoms with Crippen LogP contribution in [0.25, 0.3) is 0 Å². The molecule has 10 heteroatoms.